The first-order valence-electron chi connectivity index (χ1n) is 10.4. The lowest BCUT2D eigenvalue weighted by Gasteiger charge is -2.25. The van der Waals surface area contributed by atoms with E-state index in [1.165, 1.54) is 44.9 Å². The van der Waals surface area contributed by atoms with Crippen LogP contribution < -0.4 is 18.9 Å². The van der Waals surface area contributed by atoms with E-state index in [4.69, 9.17) is 18.9 Å². The number of nitrogens with zero attached hydrogens (tertiary/aromatic N) is 2. The zero-order chi connectivity index (χ0) is 24.6. The van der Waals surface area contributed by atoms with Crippen molar-refractivity contribution in [1.29, 1.82) is 0 Å². The second-order valence-corrected chi connectivity index (χ2v) is 10.2. The Hall–Kier alpha value is -2.34. The molecular formula is C22H32N2O7S2. The quantitative estimate of drug-likeness (QED) is 0.417. The molecule has 0 amide bonds. The van der Waals surface area contributed by atoms with Crippen LogP contribution in [-0.2, 0) is 21.0 Å². The molecule has 0 saturated heterocycles. The van der Waals surface area contributed by atoms with Crippen LogP contribution >= 0.6 is 0 Å². The van der Waals surface area contributed by atoms with Gasteiger partial charge in [-0.25, -0.2) is 16.9 Å². The van der Waals surface area contributed by atoms with Crippen molar-refractivity contribution < 1.29 is 31.6 Å². The first kappa shape index (κ1) is 26.9. The second-order valence-electron chi connectivity index (χ2n) is 6.80. The maximum Gasteiger partial charge on any atom is 0.243 e. The van der Waals surface area contributed by atoms with Crippen LogP contribution in [-0.4, -0.2) is 75.9 Å². The molecule has 9 nitrogen and oxygen atoms in total. The molecule has 33 heavy (non-hydrogen) atoms. The van der Waals surface area contributed by atoms with Crippen molar-refractivity contribution in [3.63, 3.8) is 0 Å². The third-order valence-electron chi connectivity index (χ3n) is 5.09. The number of hydrogen-bond acceptors (Lipinski definition) is 7. The summed E-state index contributed by atoms with van der Waals surface area (Å²) in [7, 11) is 0.698. The van der Waals surface area contributed by atoms with E-state index in [9.17, 15) is 12.6 Å². The molecule has 0 N–H and O–H groups in total. The Morgan fingerprint density at radius 2 is 1.30 bits per heavy atom. The van der Waals surface area contributed by atoms with Crippen molar-refractivity contribution in [1.82, 2.24) is 8.61 Å². The van der Waals surface area contributed by atoms with Gasteiger partial charge in [-0.1, -0.05) is 13.8 Å². The maximum atomic E-state index is 13.2. The zero-order valence-electron chi connectivity index (χ0n) is 19.9. The fourth-order valence-electron chi connectivity index (χ4n) is 3.23. The summed E-state index contributed by atoms with van der Waals surface area (Å²) in [5.41, 5.74) is 0. The molecule has 2 rings (SSSR count). The smallest absolute Gasteiger partial charge is 0.243 e. The molecule has 0 radical (unpaired) electrons. The number of hydrogen-bond donors (Lipinski definition) is 0. The second kappa shape index (κ2) is 12.2. The molecule has 0 aliphatic rings. The van der Waals surface area contributed by atoms with Crippen LogP contribution in [0.1, 0.15) is 13.8 Å². The predicted molar refractivity (Wildman–Crippen MR) is 127 cm³/mol. The van der Waals surface area contributed by atoms with Gasteiger partial charge in [0.15, 0.2) is 23.0 Å². The van der Waals surface area contributed by atoms with E-state index in [-0.39, 0.29) is 24.5 Å². The van der Waals surface area contributed by atoms with Gasteiger partial charge in [0.1, 0.15) is 11.0 Å². The van der Waals surface area contributed by atoms with E-state index in [1.54, 1.807) is 35.5 Å². The number of rotatable bonds is 13. The summed E-state index contributed by atoms with van der Waals surface area (Å²) in [5.74, 6) is 1.80. The summed E-state index contributed by atoms with van der Waals surface area (Å²) < 4.78 is 63.6. The molecule has 184 valence electrons. The first-order chi connectivity index (χ1) is 15.8. The van der Waals surface area contributed by atoms with Crippen molar-refractivity contribution in [2.45, 2.75) is 23.6 Å². The summed E-state index contributed by atoms with van der Waals surface area (Å²) in [4.78, 5) is 0.645. The van der Waals surface area contributed by atoms with E-state index in [1.807, 2.05) is 6.92 Å². The normalized spacial score (nSPS) is 12.6. The molecule has 0 aliphatic carbocycles. The number of likely N-dealkylation sites (N-methyl/N-ethyl adjacent to an activating group) is 2. The topological polar surface area (TPSA) is 94.6 Å². The Morgan fingerprint density at radius 3 is 1.82 bits per heavy atom. The minimum atomic E-state index is -3.79. The Bertz CT molecular complexity index is 1060. The van der Waals surface area contributed by atoms with E-state index < -0.39 is 21.0 Å². The Morgan fingerprint density at radius 1 is 0.758 bits per heavy atom. The van der Waals surface area contributed by atoms with Crippen molar-refractivity contribution in [2.75, 3.05) is 54.6 Å². The third-order valence-corrected chi connectivity index (χ3v) is 8.63. The van der Waals surface area contributed by atoms with E-state index >= 15 is 0 Å². The lowest BCUT2D eigenvalue weighted by atomic mass is 10.3. The average Bonchev–Trinajstić information content (AvgIpc) is 2.85. The summed E-state index contributed by atoms with van der Waals surface area (Å²) in [6, 6.07) is 9.55. The van der Waals surface area contributed by atoms with Crippen LogP contribution in [0, 0.1) is 0 Å². The molecular weight excluding hydrogens is 468 g/mol. The maximum absolute atomic E-state index is 13.2. The Labute approximate surface area is 198 Å². The largest absolute Gasteiger partial charge is 0.493 e. The van der Waals surface area contributed by atoms with Crippen LogP contribution in [0.25, 0.3) is 0 Å². The number of ether oxygens (including phenoxy) is 4. The highest BCUT2D eigenvalue weighted by Crippen LogP contribution is 2.31. The standard InChI is InChI=1S/C22H32N2O7S2/c1-7-23(32(25)17-9-11-19(28-3)21(15-17)30-5)13-14-24(8-2)33(26,27)18-10-12-20(29-4)22(16-18)31-6/h9-12,15-16H,7-8,13-14H2,1-6H3. The summed E-state index contributed by atoms with van der Waals surface area (Å²) in [6.07, 6.45) is 0. The fourth-order valence-corrected chi connectivity index (χ4v) is 5.86. The van der Waals surface area contributed by atoms with Gasteiger partial charge in [0.05, 0.1) is 38.2 Å². The van der Waals surface area contributed by atoms with Gasteiger partial charge < -0.3 is 18.9 Å². The van der Waals surface area contributed by atoms with Gasteiger partial charge in [0, 0.05) is 38.3 Å². The van der Waals surface area contributed by atoms with Gasteiger partial charge in [-0.2, -0.15) is 4.31 Å². The van der Waals surface area contributed by atoms with Crippen LogP contribution in [0.5, 0.6) is 23.0 Å². The minimum absolute atomic E-state index is 0.103. The number of methoxy groups -OCH3 is 4. The van der Waals surface area contributed by atoms with E-state index in [0.29, 0.717) is 34.4 Å². The highest BCUT2D eigenvalue weighted by atomic mass is 32.2. The number of benzene rings is 2. The molecule has 0 fully saturated rings. The van der Waals surface area contributed by atoms with Gasteiger partial charge in [-0.05, 0) is 24.3 Å². The minimum Gasteiger partial charge on any atom is -0.493 e. The predicted octanol–water partition coefficient (Wildman–Crippen LogP) is 2.78. The summed E-state index contributed by atoms with van der Waals surface area (Å²) >= 11 is 0. The van der Waals surface area contributed by atoms with Crippen LogP contribution in [0.15, 0.2) is 46.2 Å². The highest BCUT2D eigenvalue weighted by molar-refractivity contribution is 7.89. The fraction of sp³-hybridized carbons (Fsp3) is 0.455. The van der Waals surface area contributed by atoms with Crippen molar-refractivity contribution in [3.05, 3.63) is 36.4 Å². The van der Waals surface area contributed by atoms with Crippen molar-refractivity contribution in [3.8, 4) is 23.0 Å². The molecule has 2 aromatic rings. The van der Waals surface area contributed by atoms with Crippen LogP contribution in [0.2, 0.25) is 0 Å². The number of sulfonamides is 1. The molecule has 0 saturated carbocycles. The molecule has 2 aromatic carbocycles. The average molecular weight is 501 g/mol. The molecule has 1 atom stereocenters. The molecule has 11 heteroatoms. The summed E-state index contributed by atoms with van der Waals surface area (Å²) in [6.45, 7) is 4.81. The Balaban J connectivity index is 2.21. The highest BCUT2D eigenvalue weighted by Gasteiger charge is 2.26. The van der Waals surface area contributed by atoms with Gasteiger partial charge in [0.25, 0.3) is 0 Å². The molecule has 0 bridgehead atoms. The van der Waals surface area contributed by atoms with Crippen LogP contribution in [0.4, 0.5) is 0 Å². The van der Waals surface area contributed by atoms with E-state index in [0.717, 1.165) is 0 Å². The first-order valence-corrected chi connectivity index (χ1v) is 12.9. The molecule has 0 aliphatic heterocycles. The Kier molecular flexibility index (Phi) is 9.96. The zero-order valence-corrected chi connectivity index (χ0v) is 21.5. The molecule has 0 heterocycles. The molecule has 1 unspecified atom stereocenters. The van der Waals surface area contributed by atoms with E-state index in [2.05, 4.69) is 0 Å². The SMILES string of the molecule is CCN(CCN(CC)S(=O)(=O)c1ccc(OC)c(OC)c1)S(=O)c1ccc(OC)c(OC)c1. The van der Waals surface area contributed by atoms with Gasteiger partial charge in [-0.3, -0.25) is 0 Å². The molecule has 0 aromatic heterocycles. The van der Waals surface area contributed by atoms with Crippen molar-refractivity contribution in [2.24, 2.45) is 0 Å². The van der Waals surface area contributed by atoms with Crippen LogP contribution in [0.3, 0.4) is 0 Å². The lowest BCUT2D eigenvalue weighted by molar-refractivity contribution is 0.352. The molecule has 0 spiro atoms. The summed E-state index contributed by atoms with van der Waals surface area (Å²) in [5, 5.41) is 0. The van der Waals surface area contributed by atoms with Gasteiger partial charge in [0.2, 0.25) is 10.0 Å². The lowest BCUT2D eigenvalue weighted by Crippen LogP contribution is -2.39. The van der Waals surface area contributed by atoms with Gasteiger partial charge >= 0.3 is 0 Å². The monoisotopic (exact) mass is 500 g/mol. The van der Waals surface area contributed by atoms with Gasteiger partial charge in [-0.15, -0.1) is 0 Å². The van der Waals surface area contributed by atoms with Crippen molar-refractivity contribution >= 4 is 21.0 Å². The third kappa shape index (κ3) is 6.17.